The third-order valence-corrected chi connectivity index (χ3v) is 4.12. The summed E-state index contributed by atoms with van der Waals surface area (Å²) in [5.74, 6) is -0.155. The lowest BCUT2D eigenvalue weighted by molar-refractivity contribution is -0.140. The summed E-state index contributed by atoms with van der Waals surface area (Å²) in [5.41, 5.74) is 3.99. The van der Waals surface area contributed by atoms with Crippen LogP contribution in [-0.2, 0) is 4.79 Å². The standard InChI is InChI=1S/C14H28N4O3/c1-5-14(4,11(15)16-21)12(19)18-8-6-17(7-9-18)10-13(2,3)20/h20-21H,5-10H2,1-4H3,(H2,15,16). The molecule has 4 N–H and O–H groups in total. The topological polar surface area (TPSA) is 102 Å². The summed E-state index contributed by atoms with van der Waals surface area (Å²) in [6, 6.07) is 0. The van der Waals surface area contributed by atoms with Gasteiger partial charge in [-0.2, -0.15) is 0 Å². The first-order valence-corrected chi connectivity index (χ1v) is 7.36. The van der Waals surface area contributed by atoms with Crippen molar-refractivity contribution in [3.05, 3.63) is 0 Å². The van der Waals surface area contributed by atoms with Gasteiger partial charge in [-0.05, 0) is 27.2 Å². The van der Waals surface area contributed by atoms with Crippen molar-refractivity contribution in [1.82, 2.24) is 9.80 Å². The predicted octanol–water partition coefficient (Wildman–Crippen LogP) is 0.0642. The van der Waals surface area contributed by atoms with Crippen LogP contribution in [0.2, 0.25) is 0 Å². The number of rotatable bonds is 5. The number of hydrogen-bond acceptors (Lipinski definition) is 5. The number of nitrogens with zero attached hydrogens (tertiary/aromatic N) is 3. The number of carbonyl (C=O) groups is 1. The fourth-order valence-electron chi connectivity index (χ4n) is 2.56. The largest absolute Gasteiger partial charge is 0.409 e. The van der Waals surface area contributed by atoms with E-state index in [2.05, 4.69) is 10.1 Å². The van der Waals surface area contributed by atoms with Crippen LogP contribution in [0.4, 0.5) is 0 Å². The van der Waals surface area contributed by atoms with E-state index < -0.39 is 11.0 Å². The molecule has 1 amide bonds. The maximum absolute atomic E-state index is 12.6. The minimum absolute atomic E-state index is 0.0473. The Bertz CT molecular complexity index is 398. The van der Waals surface area contributed by atoms with Crippen molar-refractivity contribution in [2.24, 2.45) is 16.3 Å². The van der Waals surface area contributed by atoms with Crippen LogP contribution >= 0.6 is 0 Å². The van der Waals surface area contributed by atoms with Crippen LogP contribution in [-0.4, -0.2) is 70.2 Å². The van der Waals surface area contributed by atoms with Crippen molar-refractivity contribution in [2.45, 2.75) is 39.7 Å². The molecule has 1 fully saturated rings. The predicted molar refractivity (Wildman–Crippen MR) is 81.1 cm³/mol. The summed E-state index contributed by atoms with van der Waals surface area (Å²) in [6.45, 7) is 10.3. The Morgan fingerprint density at radius 2 is 1.76 bits per heavy atom. The van der Waals surface area contributed by atoms with Gasteiger partial charge in [0, 0.05) is 32.7 Å². The number of hydrogen-bond donors (Lipinski definition) is 3. The Balaban J connectivity index is 2.67. The molecule has 0 aromatic rings. The zero-order valence-corrected chi connectivity index (χ0v) is 13.5. The molecule has 0 radical (unpaired) electrons. The first kappa shape index (κ1) is 17.7. The first-order valence-electron chi connectivity index (χ1n) is 7.36. The molecule has 1 aliphatic rings. The average Bonchev–Trinajstić information content (AvgIpc) is 2.43. The molecule has 1 unspecified atom stereocenters. The summed E-state index contributed by atoms with van der Waals surface area (Å²) in [6.07, 6.45) is 0.478. The summed E-state index contributed by atoms with van der Waals surface area (Å²) in [7, 11) is 0. The van der Waals surface area contributed by atoms with Gasteiger partial charge in [0.05, 0.1) is 5.60 Å². The molecule has 0 bridgehead atoms. The maximum atomic E-state index is 12.6. The molecule has 0 aliphatic carbocycles. The summed E-state index contributed by atoms with van der Waals surface area (Å²) < 4.78 is 0. The summed E-state index contributed by atoms with van der Waals surface area (Å²) in [5, 5.41) is 21.7. The van der Waals surface area contributed by atoms with Gasteiger partial charge in [0.2, 0.25) is 5.91 Å². The van der Waals surface area contributed by atoms with Crippen molar-refractivity contribution in [3.8, 4) is 0 Å². The van der Waals surface area contributed by atoms with Crippen molar-refractivity contribution in [3.63, 3.8) is 0 Å². The van der Waals surface area contributed by atoms with Gasteiger partial charge in [-0.15, -0.1) is 0 Å². The van der Waals surface area contributed by atoms with Crippen molar-refractivity contribution >= 4 is 11.7 Å². The van der Waals surface area contributed by atoms with E-state index in [0.717, 1.165) is 0 Å². The quantitative estimate of drug-likeness (QED) is 0.288. The number of nitrogens with two attached hydrogens (primary N) is 1. The molecule has 21 heavy (non-hydrogen) atoms. The smallest absolute Gasteiger partial charge is 0.236 e. The third-order valence-electron chi connectivity index (χ3n) is 4.12. The van der Waals surface area contributed by atoms with Crippen LogP contribution in [0.25, 0.3) is 0 Å². The van der Waals surface area contributed by atoms with Crippen LogP contribution in [0.15, 0.2) is 5.16 Å². The van der Waals surface area contributed by atoms with Gasteiger partial charge in [0.25, 0.3) is 0 Å². The highest BCUT2D eigenvalue weighted by Gasteiger charge is 2.40. The molecule has 1 aliphatic heterocycles. The van der Waals surface area contributed by atoms with E-state index in [1.165, 1.54) is 0 Å². The highest BCUT2D eigenvalue weighted by atomic mass is 16.4. The SMILES string of the molecule is CCC(C)(C(=O)N1CCN(CC(C)(C)O)CC1)C(N)=NO. The third kappa shape index (κ3) is 4.31. The fraction of sp³-hybridized carbons (Fsp3) is 0.857. The van der Waals surface area contributed by atoms with E-state index in [-0.39, 0.29) is 11.7 Å². The molecule has 0 spiro atoms. The van der Waals surface area contributed by atoms with Crippen molar-refractivity contribution in [1.29, 1.82) is 0 Å². The van der Waals surface area contributed by atoms with Gasteiger partial charge in [-0.1, -0.05) is 12.1 Å². The maximum Gasteiger partial charge on any atom is 0.236 e. The van der Waals surface area contributed by atoms with E-state index >= 15 is 0 Å². The molecule has 122 valence electrons. The molecular weight excluding hydrogens is 272 g/mol. The van der Waals surface area contributed by atoms with E-state index in [1.54, 1.807) is 25.7 Å². The average molecular weight is 300 g/mol. The Morgan fingerprint density at radius 1 is 1.24 bits per heavy atom. The van der Waals surface area contributed by atoms with Crippen LogP contribution in [0.1, 0.15) is 34.1 Å². The Labute approximate surface area is 126 Å². The molecule has 7 heteroatoms. The normalized spacial score (nSPS) is 21.2. The molecule has 1 heterocycles. The van der Waals surface area contributed by atoms with Gasteiger partial charge in [0.1, 0.15) is 5.41 Å². The lowest BCUT2D eigenvalue weighted by Gasteiger charge is -2.40. The molecule has 0 aromatic heterocycles. The van der Waals surface area contributed by atoms with Gasteiger partial charge >= 0.3 is 0 Å². The summed E-state index contributed by atoms with van der Waals surface area (Å²) >= 11 is 0. The zero-order valence-electron chi connectivity index (χ0n) is 13.5. The molecule has 0 aromatic carbocycles. The molecule has 1 atom stereocenters. The van der Waals surface area contributed by atoms with Gasteiger partial charge in [0.15, 0.2) is 5.84 Å². The van der Waals surface area contributed by atoms with Crippen molar-refractivity contribution in [2.75, 3.05) is 32.7 Å². The number of aliphatic hydroxyl groups is 1. The highest BCUT2D eigenvalue weighted by molar-refractivity contribution is 6.06. The van der Waals surface area contributed by atoms with Crippen molar-refractivity contribution < 1.29 is 15.1 Å². The Hall–Kier alpha value is -1.34. The van der Waals surface area contributed by atoms with E-state index in [4.69, 9.17) is 10.9 Å². The molecule has 1 saturated heterocycles. The van der Waals surface area contributed by atoms with Gasteiger partial charge in [-0.25, -0.2) is 0 Å². The second kappa shape index (κ2) is 6.62. The van der Waals surface area contributed by atoms with E-state index in [9.17, 15) is 9.90 Å². The number of piperazine rings is 1. The minimum Gasteiger partial charge on any atom is -0.409 e. The second-order valence-corrected chi connectivity index (χ2v) is 6.55. The number of carbonyl (C=O) groups excluding carboxylic acids is 1. The van der Waals surface area contributed by atoms with E-state index in [1.807, 2.05) is 6.92 Å². The number of oxime groups is 1. The molecule has 0 saturated carbocycles. The highest BCUT2D eigenvalue weighted by Crippen LogP contribution is 2.25. The van der Waals surface area contributed by atoms with Crippen LogP contribution in [0.3, 0.4) is 0 Å². The lowest BCUT2D eigenvalue weighted by Crippen LogP contribution is -2.56. The Morgan fingerprint density at radius 3 is 2.14 bits per heavy atom. The second-order valence-electron chi connectivity index (χ2n) is 6.55. The zero-order chi connectivity index (χ0) is 16.3. The number of amides is 1. The Kier molecular flexibility index (Phi) is 5.58. The molecule has 1 rings (SSSR count). The fourth-order valence-corrected chi connectivity index (χ4v) is 2.56. The first-order chi connectivity index (χ1) is 9.64. The van der Waals surface area contributed by atoms with Crippen LogP contribution in [0, 0.1) is 5.41 Å². The number of amidine groups is 1. The van der Waals surface area contributed by atoms with E-state index in [0.29, 0.717) is 39.1 Å². The van der Waals surface area contributed by atoms with Crippen LogP contribution < -0.4 is 5.73 Å². The minimum atomic E-state index is -0.965. The summed E-state index contributed by atoms with van der Waals surface area (Å²) in [4.78, 5) is 16.5. The van der Waals surface area contributed by atoms with Gasteiger partial charge in [-0.3, -0.25) is 9.69 Å². The lowest BCUT2D eigenvalue weighted by atomic mass is 9.84. The van der Waals surface area contributed by atoms with Gasteiger partial charge < -0.3 is 20.9 Å². The van der Waals surface area contributed by atoms with Crippen LogP contribution in [0.5, 0.6) is 0 Å². The number of β-amino-alcohol motifs (C(OH)–C–C–N with tert-alkyl or cyclic N) is 1. The molecular formula is C14H28N4O3. The molecule has 7 nitrogen and oxygen atoms in total. The monoisotopic (exact) mass is 300 g/mol.